The molecule has 1 unspecified atom stereocenters. The molecular formula is C12H13NaO5S. The van der Waals surface area contributed by atoms with Crippen LogP contribution in [0.15, 0.2) is 18.2 Å². The van der Waals surface area contributed by atoms with Crippen molar-refractivity contribution in [1.82, 2.24) is 0 Å². The molecular weight excluding hydrogens is 279 g/mol. The van der Waals surface area contributed by atoms with E-state index in [1.54, 1.807) is 12.1 Å². The first-order valence-electron chi connectivity index (χ1n) is 5.76. The molecule has 0 aliphatic carbocycles. The molecule has 1 aromatic rings. The maximum Gasteiger partial charge on any atom is 1.00 e. The van der Waals surface area contributed by atoms with Gasteiger partial charge in [-0.3, -0.25) is 0 Å². The third-order valence-electron chi connectivity index (χ3n) is 3.50. The Morgan fingerprint density at radius 3 is 2.79 bits per heavy atom. The Balaban J connectivity index is 0.00000133. The van der Waals surface area contributed by atoms with E-state index in [2.05, 4.69) is 0 Å². The standard InChI is InChI=1S/C12H14O5S.Na/c13-18(14,15)7-9-1-2-10-6-17-12(11(10)5-9)3-4-16-8-12;/h1-2,5H,3-4,6-8H2,(H,13,14,15);/q;+1/p-1. The molecule has 2 aliphatic heterocycles. The number of hydrogen-bond donors (Lipinski definition) is 0. The predicted molar refractivity (Wildman–Crippen MR) is 61.7 cm³/mol. The molecule has 7 heteroatoms. The first-order valence-corrected chi connectivity index (χ1v) is 7.34. The Hall–Kier alpha value is 0.0500. The summed E-state index contributed by atoms with van der Waals surface area (Å²) in [4.78, 5) is 0. The Labute approximate surface area is 134 Å². The molecule has 1 atom stereocenters. The minimum Gasteiger partial charge on any atom is -0.748 e. The van der Waals surface area contributed by atoms with Crippen LogP contribution in [0.5, 0.6) is 0 Å². The molecule has 1 fully saturated rings. The zero-order valence-electron chi connectivity index (χ0n) is 10.7. The summed E-state index contributed by atoms with van der Waals surface area (Å²) in [5, 5.41) is 0. The molecule has 0 bridgehead atoms. The van der Waals surface area contributed by atoms with Crippen LogP contribution in [0.25, 0.3) is 0 Å². The second kappa shape index (κ2) is 5.44. The number of fused-ring (bicyclic) bond motifs is 2. The summed E-state index contributed by atoms with van der Waals surface area (Å²) in [5.74, 6) is -0.475. The quantitative estimate of drug-likeness (QED) is 0.460. The average Bonchev–Trinajstić information content (AvgIpc) is 2.87. The normalized spacial score (nSPS) is 25.3. The van der Waals surface area contributed by atoms with Gasteiger partial charge in [-0.1, -0.05) is 18.2 Å². The van der Waals surface area contributed by atoms with Gasteiger partial charge in [0.2, 0.25) is 0 Å². The summed E-state index contributed by atoms with van der Waals surface area (Å²) in [7, 11) is -4.25. The fraction of sp³-hybridized carbons (Fsp3) is 0.500. The predicted octanol–water partition coefficient (Wildman–Crippen LogP) is -2.12. The van der Waals surface area contributed by atoms with Crippen LogP contribution in [-0.2, 0) is 37.6 Å². The molecule has 0 amide bonds. The molecule has 0 N–H and O–H groups in total. The van der Waals surface area contributed by atoms with Crippen molar-refractivity contribution < 1.29 is 52.0 Å². The molecule has 3 rings (SSSR count). The first kappa shape index (κ1) is 15.4. The van der Waals surface area contributed by atoms with Gasteiger partial charge in [0.15, 0.2) is 0 Å². The van der Waals surface area contributed by atoms with E-state index in [1.165, 1.54) is 0 Å². The van der Waals surface area contributed by atoms with E-state index in [-0.39, 0.29) is 29.6 Å². The van der Waals surface area contributed by atoms with Gasteiger partial charge in [0.25, 0.3) is 0 Å². The fourth-order valence-corrected chi connectivity index (χ4v) is 3.22. The van der Waals surface area contributed by atoms with Crippen molar-refractivity contribution in [1.29, 1.82) is 0 Å². The van der Waals surface area contributed by atoms with Crippen LogP contribution in [0.1, 0.15) is 23.1 Å². The molecule has 0 radical (unpaired) electrons. The average molecular weight is 292 g/mol. The summed E-state index contributed by atoms with van der Waals surface area (Å²) in [6.45, 7) is 1.65. The van der Waals surface area contributed by atoms with Gasteiger partial charge < -0.3 is 14.0 Å². The third kappa shape index (κ3) is 3.05. The maximum absolute atomic E-state index is 10.8. The molecule has 5 nitrogen and oxygen atoms in total. The van der Waals surface area contributed by atoms with Crippen LogP contribution >= 0.6 is 0 Å². The van der Waals surface area contributed by atoms with E-state index in [1.807, 2.05) is 6.07 Å². The minimum absolute atomic E-state index is 0. The Bertz CT molecular complexity index is 578. The topological polar surface area (TPSA) is 75.7 Å². The number of ether oxygens (including phenoxy) is 2. The zero-order valence-corrected chi connectivity index (χ0v) is 13.5. The second-order valence-corrected chi connectivity index (χ2v) is 6.18. The van der Waals surface area contributed by atoms with Crippen molar-refractivity contribution >= 4 is 10.1 Å². The number of hydrogen-bond acceptors (Lipinski definition) is 5. The van der Waals surface area contributed by atoms with E-state index in [9.17, 15) is 13.0 Å². The van der Waals surface area contributed by atoms with Gasteiger partial charge in [0.1, 0.15) is 5.60 Å². The zero-order chi connectivity index (χ0) is 12.8. The van der Waals surface area contributed by atoms with Crippen LogP contribution in [0.4, 0.5) is 0 Å². The van der Waals surface area contributed by atoms with E-state index in [0.29, 0.717) is 25.4 Å². The van der Waals surface area contributed by atoms with Crippen LogP contribution in [0, 0.1) is 0 Å². The van der Waals surface area contributed by atoms with Gasteiger partial charge in [-0.05, 0) is 16.7 Å². The van der Waals surface area contributed by atoms with Gasteiger partial charge in [0.05, 0.1) is 29.1 Å². The van der Waals surface area contributed by atoms with Crippen LogP contribution < -0.4 is 29.6 Å². The second-order valence-electron chi connectivity index (χ2n) is 4.78. The van der Waals surface area contributed by atoms with Gasteiger partial charge >= 0.3 is 29.6 Å². The maximum atomic E-state index is 10.8. The summed E-state index contributed by atoms with van der Waals surface area (Å²) in [6.07, 6.45) is 0.771. The van der Waals surface area contributed by atoms with E-state index < -0.39 is 21.5 Å². The van der Waals surface area contributed by atoms with Crippen molar-refractivity contribution in [2.24, 2.45) is 0 Å². The molecule has 1 aromatic carbocycles. The van der Waals surface area contributed by atoms with E-state index >= 15 is 0 Å². The number of benzene rings is 1. The minimum atomic E-state index is -4.25. The van der Waals surface area contributed by atoms with Crippen LogP contribution in [0.3, 0.4) is 0 Å². The summed E-state index contributed by atoms with van der Waals surface area (Å²) in [6, 6.07) is 5.28. The summed E-state index contributed by atoms with van der Waals surface area (Å²) < 4.78 is 43.6. The molecule has 2 aliphatic rings. The van der Waals surface area contributed by atoms with E-state index in [4.69, 9.17) is 9.47 Å². The molecule has 1 spiro atoms. The van der Waals surface area contributed by atoms with Crippen LogP contribution in [0.2, 0.25) is 0 Å². The Morgan fingerprint density at radius 2 is 2.16 bits per heavy atom. The molecule has 19 heavy (non-hydrogen) atoms. The molecule has 0 saturated carbocycles. The van der Waals surface area contributed by atoms with Crippen molar-refractivity contribution in [2.45, 2.75) is 24.4 Å². The summed E-state index contributed by atoms with van der Waals surface area (Å²) in [5.41, 5.74) is 2.10. The van der Waals surface area contributed by atoms with E-state index in [0.717, 1.165) is 17.5 Å². The SMILES string of the molecule is O=S(=O)([O-])Cc1ccc2c(c1)C1(CCOC1)OC2.[Na+]. The number of rotatable bonds is 2. The fourth-order valence-electron chi connectivity index (χ4n) is 2.63. The smallest absolute Gasteiger partial charge is 0.748 e. The molecule has 98 valence electrons. The Morgan fingerprint density at radius 1 is 1.37 bits per heavy atom. The van der Waals surface area contributed by atoms with Crippen molar-refractivity contribution in [2.75, 3.05) is 13.2 Å². The van der Waals surface area contributed by atoms with Crippen LogP contribution in [-0.4, -0.2) is 26.2 Å². The molecule has 1 saturated heterocycles. The van der Waals surface area contributed by atoms with Gasteiger partial charge in [-0.15, -0.1) is 0 Å². The third-order valence-corrected chi connectivity index (χ3v) is 4.18. The molecule has 0 aromatic heterocycles. The largest absolute Gasteiger partial charge is 1.00 e. The van der Waals surface area contributed by atoms with Gasteiger partial charge in [0, 0.05) is 13.0 Å². The first-order chi connectivity index (χ1) is 8.49. The van der Waals surface area contributed by atoms with Gasteiger partial charge in [-0.25, -0.2) is 8.42 Å². The van der Waals surface area contributed by atoms with Gasteiger partial charge in [-0.2, -0.15) is 0 Å². The summed E-state index contributed by atoms with van der Waals surface area (Å²) >= 11 is 0. The molecule has 2 heterocycles. The van der Waals surface area contributed by atoms with Crippen molar-refractivity contribution in [3.8, 4) is 0 Å². The van der Waals surface area contributed by atoms with Crippen molar-refractivity contribution in [3.63, 3.8) is 0 Å². The monoisotopic (exact) mass is 292 g/mol. The van der Waals surface area contributed by atoms with Crippen molar-refractivity contribution in [3.05, 3.63) is 34.9 Å². The Kier molecular flexibility index (Phi) is 4.42.